The van der Waals surface area contributed by atoms with Gasteiger partial charge in [0.05, 0.1) is 11.4 Å². The molecule has 3 aromatic rings. The fourth-order valence-corrected chi connectivity index (χ4v) is 4.36. The van der Waals surface area contributed by atoms with Crippen LogP contribution in [0.15, 0.2) is 18.2 Å². The van der Waals surface area contributed by atoms with Gasteiger partial charge in [0, 0.05) is 11.4 Å². The molecule has 0 radical (unpaired) electrons. The average molecular weight is 397 g/mol. The number of rotatable bonds is 6. The third-order valence-electron chi connectivity index (χ3n) is 5.02. The van der Waals surface area contributed by atoms with Crippen molar-refractivity contribution in [3.63, 3.8) is 0 Å². The van der Waals surface area contributed by atoms with Crippen molar-refractivity contribution in [2.75, 3.05) is 5.32 Å². The van der Waals surface area contributed by atoms with Gasteiger partial charge in [-0.15, -0.1) is 0 Å². The van der Waals surface area contributed by atoms with E-state index in [1.54, 1.807) is 0 Å². The highest BCUT2D eigenvalue weighted by Crippen LogP contribution is 2.27. The van der Waals surface area contributed by atoms with Crippen LogP contribution in [0.25, 0.3) is 5.13 Å². The quantitative estimate of drug-likeness (QED) is 0.601. The monoisotopic (exact) mass is 396 g/mol. The van der Waals surface area contributed by atoms with E-state index in [4.69, 9.17) is 0 Å². The maximum Gasteiger partial charge on any atom is 0.267 e. The van der Waals surface area contributed by atoms with Gasteiger partial charge in [-0.05, 0) is 64.7 Å². The molecule has 0 saturated carbocycles. The number of carbonyl (C=O) groups is 1. The summed E-state index contributed by atoms with van der Waals surface area (Å²) in [7, 11) is 0. The van der Waals surface area contributed by atoms with Crippen molar-refractivity contribution < 1.29 is 4.79 Å². The summed E-state index contributed by atoms with van der Waals surface area (Å²) in [6.07, 6.45) is 3.33. The van der Waals surface area contributed by atoms with E-state index in [1.807, 2.05) is 44.5 Å². The number of nitrogens with one attached hydrogen (secondary N) is 1. The predicted octanol–water partition coefficient (Wildman–Crippen LogP) is 5.47. The number of nitrogens with zero attached hydrogens (tertiary/aromatic N) is 3. The lowest BCUT2D eigenvalue weighted by Crippen LogP contribution is -2.12. The molecule has 6 heteroatoms. The first-order valence-corrected chi connectivity index (χ1v) is 10.5. The van der Waals surface area contributed by atoms with Crippen LogP contribution in [0, 0.1) is 34.6 Å². The van der Waals surface area contributed by atoms with Gasteiger partial charge < -0.3 is 5.32 Å². The fourth-order valence-electron chi connectivity index (χ4n) is 3.39. The summed E-state index contributed by atoms with van der Waals surface area (Å²) in [4.78, 5) is 18.1. The van der Waals surface area contributed by atoms with Crippen LogP contribution in [0.5, 0.6) is 0 Å². The molecule has 0 aliphatic carbocycles. The van der Waals surface area contributed by atoms with Crippen LogP contribution in [-0.2, 0) is 6.42 Å². The number of carbonyl (C=O) groups excluding carboxylic acids is 1. The molecule has 148 valence electrons. The highest BCUT2D eigenvalue weighted by atomic mass is 32.1. The normalized spacial score (nSPS) is 11.1. The highest BCUT2D eigenvalue weighted by Gasteiger charge is 2.20. The second-order valence-corrected chi connectivity index (χ2v) is 8.33. The van der Waals surface area contributed by atoms with E-state index in [0.29, 0.717) is 4.88 Å². The summed E-state index contributed by atoms with van der Waals surface area (Å²) in [6.45, 7) is 12.2. The topological polar surface area (TPSA) is 59.8 Å². The van der Waals surface area contributed by atoms with Gasteiger partial charge in [-0.2, -0.15) is 5.10 Å². The minimum absolute atomic E-state index is 0.124. The molecule has 0 atom stereocenters. The van der Waals surface area contributed by atoms with Gasteiger partial charge in [0.15, 0.2) is 0 Å². The summed E-state index contributed by atoms with van der Waals surface area (Å²) in [5.41, 5.74) is 7.23. The number of aromatic nitrogens is 3. The zero-order chi connectivity index (χ0) is 20.4. The number of unbranched alkanes of at least 4 members (excludes halogenated alkanes) is 1. The van der Waals surface area contributed by atoms with E-state index in [1.165, 1.54) is 22.5 Å². The van der Waals surface area contributed by atoms with Crippen molar-refractivity contribution in [2.45, 2.75) is 60.8 Å². The van der Waals surface area contributed by atoms with Gasteiger partial charge in [0.1, 0.15) is 4.88 Å². The second-order valence-electron chi connectivity index (χ2n) is 7.35. The fraction of sp³-hybridized carbons (Fsp3) is 0.409. The van der Waals surface area contributed by atoms with E-state index in [2.05, 4.69) is 35.3 Å². The average Bonchev–Trinajstić information content (AvgIpc) is 3.15. The van der Waals surface area contributed by atoms with E-state index in [0.717, 1.165) is 52.7 Å². The molecule has 3 rings (SSSR count). The first kappa shape index (κ1) is 20.3. The van der Waals surface area contributed by atoms with Gasteiger partial charge in [0.2, 0.25) is 5.13 Å². The summed E-state index contributed by atoms with van der Waals surface area (Å²) in [5, 5.41) is 8.45. The van der Waals surface area contributed by atoms with E-state index < -0.39 is 0 Å². The number of benzene rings is 1. The van der Waals surface area contributed by atoms with Gasteiger partial charge in [0.25, 0.3) is 5.91 Å². The molecule has 0 aliphatic rings. The molecule has 2 aromatic heterocycles. The maximum absolute atomic E-state index is 12.8. The summed E-state index contributed by atoms with van der Waals surface area (Å²) in [6, 6.07) is 6.01. The van der Waals surface area contributed by atoms with E-state index in [-0.39, 0.29) is 5.91 Å². The van der Waals surface area contributed by atoms with Crippen molar-refractivity contribution in [1.29, 1.82) is 0 Å². The lowest BCUT2D eigenvalue weighted by atomic mass is 10.1. The Bertz CT molecular complexity index is 1020. The van der Waals surface area contributed by atoms with Gasteiger partial charge in [-0.25, -0.2) is 9.67 Å². The standard InChI is InChI=1S/C22H28N4OS/c1-7-8-9-18-15(4)25-26(17(18)6)22-23-16(5)20(28-22)21(27)24-19-11-10-13(2)12-14(19)3/h10-12H,7-9H2,1-6H3,(H,24,27). The van der Waals surface area contributed by atoms with Crippen molar-refractivity contribution in [3.8, 4) is 5.13 Å². The van der Waals surface area contributed by atoms with Gasteiger partial charge in [-0.3, -0.25) is 4.79 Å². The third kappa shape index (κ3) is 4.02. The summed E-state index contributed by atoms with van der Waals surface area (Å²) >= 11 is 1.39. The first-order chi connectivity index (χ1) is 13.3. The zero-order valence-electron chi connectivity index (χ0n) is 17.5. The molecule has 0 fully saturated rings. The summed E-state index contributed by atoms with van der Waals surface area (Å²) in [5.74, 6) is -0.124. The molecule has 1 amide bonds. The number of hydrogen-bond donors (Lipinski definition) is 1. The molecule has 0 spiro atoms. The van der Waals surface area contributed by atoms with Gasteiger partial charge in [-0.1, -0.05) is 42.4 Å². The number of amides is 1. The molecule has 5 nitrogen and oxygen atoms in total. The Balaban J connectivity index is 1.88. The Morgan fingerprint density at radius 2 is 1.89 bits per heavy atom. The highest BCUT2D eigenvalue weighted by molar-refractivity contribution is 7.16. The van der Waals surface area contributed by atoms with E-state index in [9.17, 15) is 4.79 Å². The zero-order valence-corrected chi connectivity index (χ0v) is 18.3. The van der Waals surface area contributed by atoms with Crippen LogP contribution in [0.4, 0.5) is 5.69 Å². The lowest BCUT2D eigenvalue weighted by molar-refractivity contribution is 0.102. The third-order valence-corrected chi connectivity index (χ3v) is 6.16. The number of thiazole rings is 1. The molecular formula is C22H28N4OS. The molecular weight excluding hydrogens is 368 g/mol. The van der Waals surface area contributed by atoms with Crippen molar-refractivity contribution in [3.05, 3.63) is 56.8 Å². The lowest BCUT2D eigenvalue weighted by Gasteiger charge is -2.08. The van der Waals surface area contributed by atoms with Crippen LogP contribution < -0.4 is 5.32 Å². The Morgan fingerprint density at radius 3 is 2.57 bits per heavy atom. The minimum atomic E-state index is -0.124. The van der Waals surface area contributed by atoms with Crippen LogP contribution in [0.1, 0.15) is 63.2 Å². The SMILES string of the molecule is CCCCc1c(C)nn(-c2nc(C)c(C(=O)Nc3ccc(C)cc3C)s2)c1C. The van der Waals surface area contributed by atoms with Crippen LogP contribution >= 0.6 is 11.3 Å². The number of anilines is 1. The molecule has 2 heterocycles. The number of aryl methyl sites for hydroxylation is 4. The van der Waals surface area contributed by atoms with Crippen LogP contribution in [0.2, 0.25) is 0 Å². The van der Waals surface area contributed by atoms with Crippen molar-refractivity contribution in [1.82, 2.24) is 14.8 Å². The van der Waals surface area contributed by atoms with Crippen LogP contribution in [0.3, 0.4) is 0 Å². The Morgan fingerprint density at radius 1 is 1.14 bits per heavy atom. The first-order valence-electron chi connectivity index (χ1n) is 9.73. The molecule has 1 N–H and O–H groups in total. The largest absolute Gasteiger partial charge is 0.321 e. The predicted molar refractivity (Wildman–Crippen MR) is 116 cm³/mol. The molecule has 0 unspecified atom stereocenters. The summed E-state index contributed by atoms with van der Waals surface area (Å²) < 4.78 is 1.88. The second kappa shape index (κ2) is 8.27. The molecule has 28 heavy (non-hydrogen) atoms. The minimum Gasteiger partial charge on any atom is -0.321 e. The molecule has 0 bridgehead atoms. The molecule has 0 aliphatic heterocycles. The Kier molecular flexibility index (Phi) is 5.98. The Hall–Kier alpha value is -2.47. The molecule has 0 saturated heterocycles. The maximum atomic E-state index is 12.8. The van der Waals surface area contributed by atoms with Gasteiger partial charge >= 0.3 is 0 Å². The van der Waals surface area contributed by atoms with Crippen LogP contribution in [-0.4, -0.2) is 20.7 Å². The number of hydrogen-bond acceptors (Lipinski definition) is 4. The van der Waals surface area contributed by atoms with Crippen molar-refractivity contribution in [2.24, 2.45) is 0 Å². The Labute approximate surface area is 170 Å². The van der Waals surface area contributed by atoms with Crippen molar-refractivity contribution >= 4 is 22.9 Å². The smallest absolute Gasteiger partial charge is 0.267 e. The molecule has 1 aromatic carbocycles. The van der Waals surface area contributed by atoms with E-state index >= 15 is 0 Å².